The van der Waals surface area contributed by atoms with E-state index in [9.17, 15) is 0 Å². The van der Waals surface area contributed by atoms with Gasteiger partial charge >= 0.3 is 0 Å². The molecule has 1 unspecified atom stereocenters. The minimum atomic E-state index is 0.235. The average Bonchev–Trinajstić information content (AvgIpc) is 2.82. The molecule has 96 valence electrons. The van der Waals surface area contributed by atoms with Gasteiger partial charge in [0.2, 0.25) is 5.88 Å². The zero-order valence-corrected chi connectivity index (χ0v) is 12.6. The number of nitrogens with zero attached hydrogens (tertiary/aromatic N) is 2. The van der Waals surface area contributed by atoms with Gasteiger partial charge in [-0.1, -0.05) is 0 Å². The first-order valence-electron chi connectivity index (χ1n) is 5.49. The van der Waals surface area contributed by atoms with Crippen LogP contribution in [0.5, 0.6) is 5.88 Å². The van der Waals surface area contributed by atoms with Crippen molar-refractivity contribution in [2.24, 2.45) is 0 Å². The summed E-state index contributed by atoms with van der Waals surface area (Å²) in [5.41, 5.74) is 0.960. The van der Waals surface area contributed by atoms with Crippen molar-refractivity contribution in [2.75, 3.05) is 14.2 Å². The fraction of sp³-hybridized carbons (Fsp3) is 0.333. The van der Waals surface area contributed by atoms with Crippen LogP contribution >= 0.6 is 27.3 Å². The molecule has 1 N–H and O–H groups in total. The predicted molar refractivity (Wildman–Crippen MR) is 76.1 cm³/mol. The van der Waals surface area contributed by atoms with Gasteiger partial charge in [0.1, 0.15) is 6.33 Å². The van der Waals surface area contributed by atoms with Crippen molar-refractivity contribution in [1.29, 1.82) is 0 Å². The average molecular weight is 328 g/mol. The molecule has 0 aliphatic carbocycles. The van der Waals surface area contributed by atoms with E-state index < -0.39 is 0 Å². The van der Waals surface area contributed by atoms with Crippen LogP contribution in [-0.2, 0) is 6.42 Å². The molecule has 18 heavy (non-hydrogen) atoms. The lowest BCUT2D eigenvalue weighted by Crippen LogP contribution is -2.18. The second kappa shape index (κ2) is 6.26. The molecular weight excluding hydrogens is 314 g/mol. The SMILES string of the molecule is CNC(Cc1cc(OC)ncn1)c1sccc1Br. The number of methoxy groups -OCH3 is 1. The number of hydrogen-bond donors (Lipinski definition) is 1. The Morgan fingerprint density at radius 1 is 1.50 bits per heavy atom. The normalized spacial score (nSPS) is 12.4. The Balaban J connectivity index is 2.18. The first-order valence-corrected chi connectivity index (χ1v) is 7.17. The van der Waals surface area contributed by atoms with Crippen LogP contribution in [-0.4, -0.2) is 24.1 Å². The van der Waals surface area contributed by atoms with Crippen LogP contribution in [0.4, 0.5) is 0 Å². The van der Waals surface area contributed by atoms with Crippen molar-refractivity contribution in [3.63, 3.8) is 0 Å². The van der Waals surface area contributed by atoms with Gasteiger partial charge in [0.25, 0.3) is 0 Å². The number of thiophene rings is 1. The van der Waals surface area contributed by atoms with E-state index in [1.807, 2.05) is 13.1 Å². The Morgan fingerprint density at radius 3 is 2.94 bits per heavy atom. The van der Waals surface area contributed by atoms with Crippen LogP contribution in [0, 0.1) is 0 Å². The summed E-state index contributed by atoms with van der Waals surface area (Å²) in [6.45, 7) is 0. The molecule has 0 radical (unpaired) electrons. The van der Waals surface area contributed by atoms with Gasteiger partial charge in [-0.2, -0.15) is 0 Å². The molecule has 0 saturated heterocycles. The molecule has 2 rings (SSSR count). The van der Waals surface area contributed by atoms with Crippen LogP contribution in [0.2, 0.25) is 0 Å². The van der Waals surface area contributed by atoms with E-state index in [1.165, 1.54) is 11.2 Å². The van der Waals surface area contributed by atoms with E-state index in [1.54, 1.807) is 18.4 Å². The quantitative estimate of drug-likeness (QED) is 0.917. The third-order valence-corrected chi connectivity index (χ3v) is 4.62. The number of aromatic nitrogens is 2. The molecular formula is C12H14BrN3OS. The first kappa shape index (κ1) is 13.5. The number of halogens is 1. The third-order valence-electron chi connectivity index (χ3n) is 2.63. The van der Waals surface area contributed by atoms with Gasteiger partial charge in [-0.3, -0.25) is 0 Å². The highest BCUT2D eigenvalue weighted by molar-refractivity contribution is 9.10. The Labute approximate surface area is 119 Å². The van der Waals surface area contributed by atoms with Crippen LogP contribution < -0.4 is 10.1 Å². The van der Waals surface area contributed by atoms with Gasteiger partial charge in [0.15, 0.2) is 0 Å². The Bertz CT molecular complexity index is 518. The van der Waals surface area contributed by atoms with Crippen LogP contribution in [0.3, 0.4) is 0 Å². The Kier molecular flexibility index (Phi) is 4.68. The van der Waals surface area contributed by atoms with Crippen LogP contribution in [0.15, 0.2) is 28.3 Å². The fourth-order valence-electron chi connectivity index (χ4n) is 1.69. The molecule has 0 bridgehead atoms. The minimum absolute atomic E-state index is 0.235. The molecule has 6 heteroatoms. The van der Waals surface area contributed by atoms with Gasteiger partial charge in [-0.15, -0.1) is 11.3 Å². The number of likely N-dealkylation sites (N-methyl/N-ethyl adjacent to an activating group) is 1. The summed E-state index contributed by atoms with van der Waals surface area (Å²) in [7, 11) is 3.56. The molecule has 0 aromatic carbocycles. The van der Waals surface area contributed by atoms with E-state index in [0.717, 1.165) is 16.6 Å². The fourth-order valence-corrected chi connectivity index (χ4v) is 3.45. The van der Waals surface area contributed by atoms with Crippen molar-refractivity contribution >= 4 is 27.3 Å². The zero-order valence-electron chi connectivity index (χ0n) is 10.2. The molecule has 0 aliphatic heterocycles. The first-order chi connectivity index (χ1) is 8.74. The van der Waals surface area contributed by atoms with E-state index in [2.05, 4.69) is 42.7 Å². The van der Waals surface area contributed by atoms with Crippen molar-refractivity contribution in [3.8, 4) is 5.88 Å². The Morgan fingerprint density at radius 2 is 2.33 bits per heavy atom. The van der Waals surface area contributed by atoms with E-state index in [0.29, 0.717) is 5.88 Å². The molecule has 4 nitrogen and oxygen atoms in total. The van der Waals surface area contributed by atoms with Crippen molar-refractivity contribution in [2.45, 2.75) is 12.5 Å². The van der Waals surface area contributed by atoms with Gasteiger partial charge in [-0.05, 0) is 34.4 Å². The predicted octanol–water partition coefficient (Wildman–Crippen LogP) is 2.81. The maximum absolute atomic E-state index is 5.11. The van der Waals surface area contributed by atoms with Crippen molar-refractivity contribution in [3.05, 3.63) is 38.9 Å². The van der Waals surface area contributed by atoms with Gasteiger partial charge < -0.3 is 10.1 Å². The molecule has 0 spiro atoms. The van der Waals surface area contributed by atoms with Crippen molar-refractivity contribution in [1.82, 2.24) is 15.3 Å². The second-order valence-corrected chi connectivity index (χ2v) is 5.53. The van der Waals surface area contributed by atoms with Gasteiger partial charge in [0.05, 0.1) is 7.11 Å². The molecule has 0 saturated carbocycles. The number of hydrogen-bond acceptors (Lipinski definition) is 5. The Hall–Kier alpha value is -0.980. The third kappa shape index (κ3) is 3.07. The maximum atomic E-state index is 5.11. The number of ether oxygens (including phenoxy) is 1. The van der Waals surface area contributed by atoms with Gasteiger partial charge in [-0.25, -0.2) is 9.97 Å². The minimum Gasteiger partial charge on any atom is -0.481 e. The molecule has 2 aromatic rings. The topological polar surface area (TPSA) is 47.0 Å². The molecule has 2 aromatic heterocycles. The molecule has 0 amide bonds. The summed E-state index contributed by atoms with van der Waals surface area (Å²) in [6, 6.07) is 4.16. The standard InChI is InChI=1S/C12H14BrN3OS/c1-14-10(12-9(13)3-4-18-12)5-8-6-11(17-2)16-7-15-8/h3-4,6-7,10,14H,5H2,1-2H3. The smallest absolute Gasteiger partial charge is 0.216 e. The van der Waals surface area contributed by atoms with Crippen LogP contribution in [0.1, 0.15) is 16.6 Å². The summed E-state index contributed by atoms with van der Waals surface area (Å²) in [4.78, 5) is 9.56. The monoisotopic (exact) mass is 327 g/mol. The van der Waals surface area contributed by atoms with Crippen LogP contribution in [0.25, 0.3) is 0 Å². The summed E-state index contributed by atoms with van der Waals surface area (Å²) < 4.78 is 6.24. The van der Waals surface area contributed by atoms with E-state index >= 15 is 0 Å². The molecule has 2 heterocycles. The highest BCUT2D eigenvalue weighted by Gasteiger charge is 2.15. The number of rotatable bonds is 5. The number of nitrogens with one attached hydrogen (secondary N) is 1. The highest BCUT2D eigenvalue weighted by atomic mass is 79.9. The van der Waals surface area contributed by atoms with E-state index in [-0.39, 0.29) is 6.04 Å². The van der Waals surface area contributed by atoms with Gasteiger partial charge in [0, 0.05) is 33.6 Å². The summed E-state index contributed by atoms with van der Waals surface area (Å²) >= 11 is 5.29. The lowest BCUT2D eigenvalue weighted by molar-refractivity contribution is 0.395. The lowest BCUT2D eigenvalue weighted by atomic mass is 10.1. The summed E-state index contributed by atoms with van der Waals surface area (Å²) in [6.07, 6.45) is 2.33. The lowest BCUT2D eigenvalue weighted by Gasteiger charge is -2.15. The zero-order chi connectivity index (χ0) is 13.0. The second-order valence-electron chi connectivity index (χ2n) is 3.73. The van der Waals surface area contributed by atoms with Crippen molar-refractivity contribution < 1.29 is 4.74 Å². The molecule has 0 aliphatic rings. The van der Waals surface area contributed by atoms with E-state index in [4.69, 9.17) is 4.74 Å². The summed E-state index contributed by atoms with van der Waals surface area (Å²) in [5.74, 6) is 0.597. The summed E-state index contributed by atoms with van der Waals surface area (Å²) in [5, 5.41) is 5.38. The highest BCUT2D eigenvalue weighted by Crippen LogP contribution is 2.30. The maximum Gasteiger partial charge on any atom is 0.216 e. The largest absolute Gasteiger partial charge is 0.481 e. The molecule has 1 atom stereocenters. The molecule has 0 fully saturated rings.